The van der Waals surface area contributed by atoms with Gasteiger partial charge < -0.3 is 30.0 Å². The number of aliphatic imine (C=N–C) groups is 1. The Hall–Kier alpha value is -3.07. The first-order valence-electron chi connectivity index (χ1n) is 9.60. The fourth-order valence-electron chi connectivity index (χ4n) is 2.90. The van der Waals surface area contributed by atoms with Gasteiger partial charge in [0.2, 0.25) is 6.79 Å². The number of rotatable bonds is 8. The number of ether oxygens (including phenoxy) is 3. The summed E-state index contributed by atoms with van der Waals surface area (Å²) in [4.78, 5) is 4.42. The van der Waals surface area contributed by atoms with Crippen molar-refractivity contribution in [3.63, 3.8) is 0 Å². The number of nitrogens with zero attached hydrogens (tertiary/aromatic N) is 1. The second kappa shape index (κ2) is 10.1. The number of aryl methyl sites for hydroxylation is 1. The average molecular weight is 421 g/mol. The number of nitrogens with one attached hydrogen (secondary N) is 2. The van der Waals surface area contributed by atoms with E-state index >= 15 is 0 Å². The maximum Gasteiger partial charge on any atom is 0.387 e. The van der Waals surface area contributed by atoms with Gasteiger partial charge in [-0.1, -0.05) is 29.8 Å². The van der Waals surface area contributed by atoms with Gasteiger partial charge in [0, 0.05) is 24.7 Å². The van der Waals surface area contributed by atoms with Crippen LogP contribution in [0.4, 0.5) is 8.78 Å². The van der Waals surface area contributed by atoms with Gasteiger partial charge in [0.25, 0.3) is 0 Å². The van der Waals surface area contributed by atoms with Crippen molar-refractivity contribution in [1.82, 2.24) is 10.6 Å². The van der Waals surface area contributed by atoms with Gasteiger partial charge in [0.1, 0.15) is 5.75 Å². The van der Waals surface area contributed by atoms with Crippen LogP contribution in [0.1, 0.15) is 29.7 Å². The molecule has 3 rings (SSSR count). The molecule has 0 radical (unpaired) electrons. The number of benzene rings is 2. The van der Waals surface area contributed by atoms with E-state index in [0.29, 0.717) is 29.6 Å². The van der Waals surface area contributed by atoms with Crippen molar-refractivity contribution in [2.45, 2.75) is 33.1 Å². The second-order valence-electron chi connectivity index (χ2n) is 6.69. The Bertz CT molecular complexity index is 875. The summed E-state index contributed by atoms with van der Waals surface area (Å²) >= 11 is 0. The third-order valence-electron chi connectivity index (χ3n) is 4.45. The summed E-state index contributed by atoms with van der Waals surface area (Å²) in [5.74, 6) is 1.22. The lowest BCUT2D eigenvalue weighted by atomic mass is 10.1. The first kappa shape index (κ1) is 21.6. The van der Waals surface area contributed by atoms with Gasteiger partial charge in [0.05, 0.1) is 12.6 Å². The van der Waals surface area contributed by atoms with E-state index in [-0.39, 0.29) is 25.6 Å². The van der Waals surface area contributed by atoms with Crippen molar-refractivity contribution in [3.05, 3.63) is 53.1 Å². The zero-order chi connectivity index (χ0) is 21.5. The summed E-state index contributed by atoms with van der Waals surface area (Å²) in [6.07, 6.45) is -0.724. The minimum atomic E-state index is -2.97. The normalized spacial score (nSPS) is 14.0. The van der Waals surface area contributed by atoms with E-state index in [1.807, 2.05) is 38.1 Å². The minimum Gasteiger partial charge on any atom is -0.454 e. The van der Waals surface area contributed by atoms with Crippen molar-refractivity contribution >= 4 is 5.96 Å². The van der Waals surface area contributed by atoms with Gasteiger partial charge in [-0.2, -0.15) is 8.78 Å². The maximum absolute atomic E-state index is 12.8. The highest BCUT2D eigenvalue weighted by molar-refractivity contribution is 5.79. The summed E-state index contributed by atoms with van der Waals surface area (Å²) < 4.78 is 40.7. The average Bonchev–Trinajstić information content (AvgIpc) is 3.17. The molecular weight excluding hydrogens is 396 g/mol. The second-order valence-corrected chi connectivity index (χ2v) is 6.69. The molecule has 2 aromatic carbocycles. The Labute approximate surface area is 173 Å². The number of fused-ring (bicyclic) bond motifs is 1. The Morgan fingerprint density at radius 2 is 1.87 bits per heavy atom. The third-order valence-corrected chi connectivity index (χ3v) is 4.45. The number of guanidine groups is 1. The third kappa shape index (κ3) is 5.73. The van der Waals surface area contributed by atoms with Gasteiger partial charge in [-0.15, -0.1) is 0 Å². The van der Waals surface area contributed by atoms with E-state index in [4.69, 9.17) is 9.47 Å². The number of aliphatic hydroxyl groups is 1. The number of hydrogen-bond donors (Lipinski definition) is 3. The van der Waals surface area contributed by atoms with Gasteiger partial charge in [-0.25, -0.2) is 4.99 Å². The predicted molar refractivity (Wildman–Crippen MR) is 108 cm³/mol. The zero-order valence-corrected chi connectivity index (χ0v) is 16.8. The summed E-state index contributed by atoms with van der Waals surface area (Å²) in [7, 11) is 0. The maximum atomic E-state index is 12.8. The highest BCUT2D eigenvalue weighted by atomic mass is 19.3. The van der Waals surface area contributed by atoms with Crippen LogP contribution < -0.4 is 24.8 Å². The fraction of sp³-hybridized carbons (Fsp3) is 0.381. The van der Waals surface area contributed by atoms with Crippen LogP contribution in [-0.4, -0.2) is 37.6 Å². The molecule has 7 nitrogen and oxygen atoms in total. The Morgan fingerprint density at radius 3 is 2.53 bits per heavy atom. The van der Waals surface area contributed by atoms with Crippen molar-refractivity contribution in [3.8, 4) is 17.2 Å². The fourth-order valence-corrected chi connectivity index (χ4v) is 2.90. The van der Waals surface area contributed by atoms with Crippen molar-refractivity contribution in [2.24, 2.45) is 4.99 Å². The van der Waals surface area contributed by atoms with Crippen LogP contribution in [0, 0.1) is 6.92 Å². The molecular formula is C21H25F2N3O4. The lowest BCUT2D eigenvalue weighted by Gasteiger charge is -2.16. The minimum absolute atomic E-state index is 0.0199. The highest BCUT2D eigenvalue weighted by Gasteiger charge is 2.20. The van der Waals surface area contributed by atoms with E-state index in [1.165, 1.54) is 6.07 Å². The molecule has 3 N–H and O–H groups in total. The van der Waals surface area contributed by atoms with Gasteiger partial charge in [-0.3, -0.25) is 0 Å². The van der Waals surface area contributed by atoms with Crippen LogP contribution in [0.25, 0.3) is 0 Å². The molecule has 1 heterocycles. The molecule has 0 saturated heterocycles. The molecule has 1 atom stereocenters. The molecule has 0 bridgehead atoms. The van der Waals surface area contributed by atoms with E-state index in [2.05, 4.69) is 20.4 Å². The van der Waals surface area contributed by atoms with E-state index in [0.717, 1.165) is 11.1 Å². The number of hydrogen-bond acceptors (Lipinski definition) is 5. The quantitative estimate of drug-likeness (QED) is 0.449. The van der Waals surface area contributed by atoms with Crippen LogP contribution in [0.3, 0.4) is 0 Å². The molecule has 162 valence electrons. The van der Waals surface area contributed by atoms with Crippen LogP contribution in [0.5, 0.6) is 17.2 Å². The first-order chi connectivity index (χ1) is 14.5. The van der Waals surface area contributed by atoms with E-state index in [9.17, 15) is 13.9 Å². The van der Waals surface area contributed by atoms with Crippen LogP contribution >= 0.6 is 0 Å². The topological polar surface area (TPSA) is 84.3 Å². The zero-order valence-electron chi connectivity index (χ0n) is 16.8. The molecule has 0 fully saturated rings. The van der Waals surface area contributed by atoms with Gasteiger partial charge >= 0.3 is 6.61 Å². The number of alkyl halides is 2. The van der Waals surface area contributed by atoms with Crippen molar-refractivity contribution < 1.29 is 28.1 Å². The Kier molecular flexibility index (Phi) is 7.29. The standard InChI is InChI=1S/C21H25F2N3O4/c1-3-24-21(26-11-16(27)14-6-4-13(2)5-7-14)25-10-15-8-18-19(29-12-28-18)9-17(15)30-20(22)23/h4-9,16,20,27H,3,10-12H2,1-2H3,(H2,24,25,26). The molecule has 1 aliphatic rings. The van der Waals surface area contributed by atoms with Crippen LogP contribution in [0.15, 0.2) is 41.4 Å². The molecule has 0 spiro atoms. The SMILES string of the molecule is CCNC(=NCc1cc2c(cc1OC(F)F)OCO2)NCC(O)c1ccc(C)cc1. The van der Waals surface area contributed by atoms with Gasteiger partial charge in [-0.05, 0) is 25.5 Å². The molecule has 0 aromatic heterocycles. The summed E-state index contributed by atoms with van der Waals surface area (Å²) in [5, 5.41) is 16.5. The molecule has 0 amide bonds. The number of aliphatic hydroxyl groups excluding tert-OH is 1. The van der Waals surface area contributed by atoms with Crippen molar-refractivity contribution in [1.29, 1.82) is 0 Å². The lowest BCUT2D eigenvalue weighted by molar-refractivity contribution is -0.0505. The Balaban J connectivity index is 1.70. The van der Waals surface area contributed by atoms with E-state index in [1.54, 1.807) is 6.07 Å². The lowest BCUT2D eigenvalue weighted by Crippen LogP contribution is -2.39. The molecule has 2 aromatic rings. The summed E-state index contributed by atoms with van der Waals surface area (Å²) in [6.45, 7) is 1.83. The van der Waals surface area contributed by atoms with Crippen LogP contribution in [-0.2, 0) is 6.54 Å². The van der Waals surface area contributed by atoms with Crippen LogP contribution in [0.2, 0.25) is 0 Å². The first-order valence-corrected chi connectivity index (χ1v) is 9.60. The van der Waals surface area contributed by atoms with E-state index < -0.39 is 12.7 Å². The molecule has 0 aliphatic carbocycles. The molecule has 0 saturated carbocycles. The highest BCUT2D eigenvalue weighted by Crippen LogP contribution is 2.39. The molecule has 1 aliphatic heterocycles. The van der Waals surface area contributed by atoms with Gasteiger partial charge in [0.15, 0.2) is 17.5 Å². The number of halogens is 2. The smallest absolute Gasteiger partial charge is 0.387 e. The summed E-state index contributed by atoms with van der Waals surface area (Å²) in [5.41, 5.74) is 2.32. The largest absolute Gasteiger partial charge is 0.454 e. The Morgan fingerprint density at radius 1 is 1.17 bits per heavy atom. The summed E-state index contributed by atoms with van der Waals surface area (Å²) in [6, 6.07) is 10.6. The predicted octanol–water partition coefficient (Wildman–Crippen LogP) is 3.11. The molecule has 1 unspecified atom stereocenters. The molecule has 9 heteroatoms. The van der Waals surface area contributed by atoms with Crippen molar-refractivity contribution in [2.75, 3.05) is 19.9 Å². The molecule has 30 heavy (non-hydrogen) atoms. The monoisotopic (exact) mass is 421 g/mol.